The standard InChI is InChI=1S/C14H31N5/c1-5-6-7-8-16-14(15-2)17-11-13-12-18(3)9-10-19(13)4/h13H,5-12H2,1-4H3,(H2,15,16,17). The molecule has 112 valence electrons. The average Bonchev–Trinajstić information content (AvgIpc) is 2.41. The number of hydrogen-bond donors (Lipinski definition) is 2. The summed E-state index contributed by atoms with van der Waals surface area (Å²) in [6, 6.07) is 0.563. The molecule has 0 bridgehead atoms. The van der Waals surface area contributed by atoms with Crippen molar-refractivity contribution in [3.05, 3.63) is 0 Å². The lowest BCUT2D eigenvalue weighted by Gasteiger charge is -2.37. The lowest BCUT2D eigenvalue weighted by atomic mass is 10.2. The number of rotatable bonds is 6. The number of unbranched alkanes of at least 4 members (excludes halogenated alkanes) is 2. The topological polar surface area (TPSA) is 42.9 Å². The highest BCUT2D eigenvalue weighted by Gasteiger charge is 2.21. The summed E-state index contributed by atoms with van der Waals surface area (Å²) < 4.78 is 0. The van der Waals surface area contributed by atoms with Crippen molar-refractivity contribution in [3.63, 3.8) is 0 Å². The summed E-state index contributed by atoms with van der Waals surface area (Å²) in [6.45, 7) is 7.61. The minimum Gasteiger partial charge on any atom is -0.356 e. The number of likely N-dealkylation sites (N-methyl/N-ethyl adjacent to an activating group) is 2. The van der Waals surface area contributed by atoms with Gasteiger partial charge in [-0.3, -0.25) is 9.89 Å². The molecule has 1 atom stereocenters. The Morgan fingerprint density at radius 3 is 2.68 bits per heavy atom. The van der Waals surface area contributed by atoms with E-state index >= 15 is 0 Å². The highest BCUT2D eigenvalue weighted by Crippen LogP contribution is 2.04. The molecule has 5 nitrogen and oxygen atoms in total. The molecule has 1 fully saturated rings. The van der Waals surface area contributed by atoms with E-state index in [1.165, 1.54) is 19.3 Å². The molecule has 0 amide bonds. The maximum atomic E-state index is 4.28. The van der Waals surface area contributed by atoms with E-state index < -0.39 is 0 Å². The minimum absolute atomic E-state index is 0.563. The van der Waals surface area contributed by atoms with E-state index in [2.05, 4.69) is 46.4 Å². The Morgan fingerprint density at radius 2 is 2.00 bits per heavy atom. The lowest BCUT2D eigenvalue weighted by molar-refractivity contribution is 0.116. The van der Waals surface area contributed by atoms with Crippen LogP contribution in [-0.4, -0.2) is 75.7 Å². The third-order valence-corrected chi connectivity index (χ3v) is 3.78. The molecule has 0 aromatic heterocycles. The summed E-state index contributed by atoms with van der Waals surface area (Å²) >= 11 is 0. The Labute approximate surface area is 118 Å². The van der Waals surface area contributed by atoms with Gasteiger partial charge in [-0.1, -0.05) is 19.8 Å². The van der Waals surface area contributed by atoms with Crippen LogP contribution in [0.4, 0.5) is 0 Å². The average molecular weight is 269 g/mol. The van der Waals surface area contributed by atoms with E-state index in [1.807, 2.05) is 7.05 Å². The second kappa shape index (κ2) is 9.15. The van der Waals surface area contributed by atoms with Crippen LogP contribution in [0.2, 0.25) is 0 Å². The van der Waals surface area contributed by atoms with Crippen molar-refractivity contribution in [2.75, 3.05) is 53.9 Å². The molecule has 1 rings (SSSR count). The van der Waals surface area contributed by atoms with E-state index in [1.54, 1.807) is 0 Å². The van der Waals surface area contributed by atoms with Gasteiger partial charge < -0.3 is 15.5 Å². The summed E-state index contributed by atoms with van der Waals surface area (Å²) in [6.07, 6.45) is 3.75. The van der Waals surface area contributed by atoms with Crippen LogP contribution in [0.15, 0.2) is 4.99 Å². The molecule has 5 heteroatoms. The molecule has 1 aliphatic rings. The highest BCUT2D eigenvalue weighted by atomic mass is 15.3. The van der Waals surface area contributed by atoms with Crippen LogP contribution in [0.3, 0.4) is 0 Å². The molecule has 2 N–H and O–H groups in total. The second-order valence-corrected chi connectivity index (χ2v) is 5.48. The number of nitrogens with zero attached hydrogens (tertiary/aromatic N) is 3. The van der Waals surface area contributed by atoms with E-state index in [9.17, 15) is 0 Å². The molecule has 1 unspecified atom stereocenters. The van der Waals surface area contributed by atoms with Crippen molar-refractivity contribution >= 4 is 5.96 Å². The first kappa shape index (κ1) is 16.2. The largest absolute Gasteiger partial charge is 0.356 e. The molecule has 0 aromatic rings. The first-order valence-electron chi connectivity index (χ1n) is 7.50. The van der Waals surface area contributed by atoms with Gasteiger partial charge in [0.2, 0.25) is 0 Å². The SMILES string of the molecule is CCCCCNC(=NC)NCC1CN(C)CCN1C. The van der Waals surface area contributed by atoms with Crippen molar-refractivity contribution in [1.29, 1.82) is 0 Å². The maximum Gasteiger partial charge on any atom is 0.191 e. The Balaban J connectivity index is 2.24. The van der Waals surface area contributed by atoms with Crippen molar-refractivity contribution in [3.8, 4) is 0 Å². The van der Waals surface area contributed by atoms with Crippen LogP contribution < -0.4 is 10.6 Å². The van der Waals surface area contributed by atoms with Crippen LogP contribution in [0.25, 0.3) is 0 Å². The summed E-state index contributed by atoms with van der Waals surface area (Å²) in [4.78, 5) is 9.10. The van der Waals surface area contributed by atoms with Gasteiger partial charge in [0, 0.05) is 45.8 Å². The van der Waals surface area contributed by atoms with Crippen molar-refractivity contribution < 1.29 is 0 Å². The molecule has 1 heterocycles. The molecule has 0 spiro atoms. The van der Waals surface area contributed by atoms with E-state index in [4.69, 9.17) is 0 Å². The number of hydrogen-bond acceptors (Lipinski definition) is 3. The van der Waals surface area contributed by atoms with Gasteiger partial charge in [-0.15, -0.1) is 0 Å². The molecule has 0 aliphatic carbocycles. The lowest BCUT2D eigenvalue weighted by Crippen LogP contribution is -2.55. The molecule has 0 aromatic carbocycles. The second-order valence-electron chi connectivity index (χ2n) is 5.48. The van der Waals surface area contributed by atoms with Crippen LogP contribution >= 0.6 is 0 Å². The molecular weight excluding hydrogens is 238 g/mol. The molecule has 0 radical (unpaired) electrons. The summed E-state index contributed by atoms with van der Waals surface area (Å²) in [5, 5.41) is 6.81. The molecule has 0 saturated carbocycles. The van der Waals surface area contributed by atoms with Gasteiger partial charge in [-0.05, 0) is 20.5 Å². The van der Waals surface area contributed by atoms with Gasteiger partial charge in [0.05, 0.1) is 0 Å². The molecule has 19 heavy (non-hydrogen) atoms. The number of nitrogens with one attached hydrogen (secondary N) is 2. The third-order valence-electron chi connectivity index (χ3n) is 3.78. The van der Waals surface area contributed by atoms with Gasteiger partial charge in [0.25, 0.3) is 0 Å². The zero-order chi connectivity index (χ0) is 14.1. The Kier molecular flexibility index (Phi) is 7.82. The van der Waals surface area contributed by atoms with E-state index in [0.29, 0.717) is 6.04 Å². The summed E-state index contributed by atoms with van der Waals surface area (Å²) in [7, 11) is 6.24. The first-order chi connectivity index (χ1) is 9.17. The van der Waals surface area contributed by atoms with Gasteiger partial charge >= 0.3 is 0 Å². The fraction of sp³-hybridized carbons (Fsp3) is 0.929. The smallest absolute Gasteiger partial charge is 0.191 e. The van der Waals surface area contributed by atoms with E-state index in [-0.39, 0.29) is 0 Å². The fourth-order valence-electron chi connectivity index (χ4n) is 2.34. The highest BCUT2D eigenvalue weighted by molar-refractivity contribution is 5.79. The third kappa shape index (κ3) is 6.25. The fourth-order valence-corrected chi connectivity index (χ4v) is 2.34. The maximum absolute atomic E-state index is 4.28. The minimum atomic E-state index is 0.563. The number of piperazine rings is 1. The molecule has 1 saturated heterocycles. The summed E-state index contributed by atoms with van der Waals surface area (Å²) in [5.41, 5.74) is 0. The van der Waals surface area contributed by atoms with Crippen molar-refractivity contribution in [1.82, 2.24) is 20.4 Å². The van der Waals surface area contributed by atoms with Crippen LogP contribution in [0.1, 0.15) is 26.2 Å². The predicted octanol–water partition coefficient (Wildman–Crippen LogP) is 0.587. The molecule has 1 aliphatic heterocycles. The van der Waals surface area contributed by atoms with Crippen LogP contribution in [0, 0.1) is 0 Å². The Morgan fingerprint density at radius 1 is 1.21 bits per heavy atom. The number of guanidine groups is 1. The van der Waals surface area contributed by atoms with E-state index in [0.717, 1.165) is 38.7 Å². The van der Waals surface area contributed by atoms with Crippen molar-refractivity contribution in [2.45, 2.75) is 32.2 Å². The quantitative estimate of drug-likeness (QED) is 0.421. The Hall–Kier alpha value is -0.810. The molecular formula is C14H31N5. The van der Waals surface area contributed by atoms with Crippen molar-refractivity contribution in [2.24, 2.45) is 4.99 Å². The predicted molar refractivity (Wildman–Crippen MR) is 82.8 cm³/mol. The van der Waals surface area contributed by atoms with Crippen LogP contribution in [-0.2, 0) is 0 Å². The van der Waals surface area contributed by atoms with Crippen LogP contribution in [0.5, 0.6) is 0 Å². The zero-order valence-electron chi connectivity index (χ0n) is 13.1. The number of aliphatic imine (C=N–C) groups is 1. The monoisotopic (exact) mass is 269 g/mol. The summed E-state index contributed by atoms with van der Waals surface area (Å²) in [5.74, 6) is 0.928. The van der Waals surface area contributed by atoms with Gasteiger partial charge in [0.15, 0.2) is 5.96 Å². The van der Waals surface area contributed by atoms with Gasteiger partial charge in [0.1, 0.15) is 0 Å². The van der Waals surface area contributed by atoms with Gasteiger partial charge in [-0.25, -0.2) is 0 Å². The normalized spacial score (nSPS) is 22.5. The zero-order valence-corrected chi connectivity index (χ0v) is 13.1. The van der Waals surface area contributed by atoms with Gasteiger partial charge in [-0.2, -0.15) is 0 Å². The Bertz CT molecular complexity index is 267. The first-order valence-corrected chi connectivity index (χ1v) is 7.50.